The van der Waals surface area contributed by atoms with Crippen LogP contribution < -0.4 is 0 Å². The standard InChI is InChI=1S/C12H10ClNO6/c1-4(16)20-6(3-15)5-2-14-9-7(5)10(17)8(13)11(18)12(9)19/h2,6,14-15,17H,3H2,1H3. The smallest absolute Gasteiger partial charge is 0.303 e. The van der Waals surface area contributed by atoms with Crippen molar-refractivity contribution in [3.8, 4) is 0 Å². The van der Waals surface area contributed by atoms with Crippen LogP contribution in [0.4, 0.5) is 0 Å². The molecule has 1 aromatic rings. The maximum absolute atomic E-state index is 11.7. The molecule has 8 heteroatoms. The minimum atomic E-state index is -1.08. The predicted molar refractivity (Wildman–Crippen MR) is 67.1 cm³/mol. The third kappa shape index (κ3) is 2.10. The van der Waals surface area contributed by atoms with Crippen molar-refractivity contribution < 1.29 is 29.3 Å². The monoisotopic (exact) mass is 299 g/mol. The van der Waals surface area contributed by atoms with Crippen LogP contribution in [0.3, 0.4) is 0 Å². The van der Waals surface area contributed by atoms with Crippen LogP contribution in [-0.4, -0.2) is 39.3 Å². The van der Waals surface area contributed by atoms with E-state index >= 15 is 0 Å². The normalized spacial score (nSPS) is 16.1. The van der Waals surface area contributed by atoms with Crippen LogP contribution in [0.5, 0.6) is 0 Å². The molecule has 20 heavy (non-hydrogen) atoms. The molecule has 3 N–H and O–H groups in total. The van der Waals surface area contributed by atoms with Gasteiger partial charge in [-0.2, -0.15) is 0 Å². The molecule has 0 saturated carbocycles. The fourth-order valence-corrected chi connectivity index (χ4v) is 2.14. The molecule has 106 valence electrons. The zero-order valence-corrected chi connectivity index (χ0v) is 11.0. The van der Waals surface area contributed by atoms with E-state index in [-0.39, 0.29) is 16.8 Å². The number of fused-ring (bicyclic) bond motifs is 1. The lowest BCUT2D eigenvalue weighted by molar-refractivity contribution is -0.148. The van der Waals surface area contributed by atoms with Gasteiger partial charge in [0.05, 0.1) is 12.2 Å². The largest absolute Gasteiger partial charge is 0.506 e. The second kappa shape index (κ2) is 5.10. The Kier molecular flexibility index (Phi) is 3.65. The molecule has 0 radical (unpaired) electrons. The zero-order valence-electron chi connectivity index (χ0n) is 10.3. The van der Waals surface area contributed by atoms with Gasteiger partial charge in [0.2, 0.25) is 5.78 Å². The molecule has 1 aliphatic carbocycles. The Labute approximate surface area is 117 Å². The van der Waals surface area contributed by atoms with E-state index in [2.05, 4.69) is 4.98 Å². The van der Waals surface area contributed by atoms with Crippen molar-refractivity contribution in [3.05, 3.63) is 28.0 Å². The number of ketones is 2. The fourth-order valence-electron chi connectivity index (χ4n) is 1.96. The molecular formula is C12H10ClNO6. The molecule has 0 bridgehead atoms. The van der Waals surface area contributed by atoms with Crippen molar-refractivity contribution in [2.24, 2.45) is 0 Å². The quantitative estimate of drug-likeness (QED) is 0.562. The maximum atomic E-state index is 11.7. The molecule has 0 amide bonds. The first-order valence-corrected chi connectivity index (χ1v) is 5.93. The highest BCUT2D eigenvalue weighted by molar-refractivity contribution is 6.63. The highest BCUT2D eigenvalue weighted by Crippen LogP contribution is 2.35. The van der Waals surface area contributed by atoms with E-state index in [1.54, 1.807) is 0 Å². The van der Waals surface area contributed by atoms with Crippen LogP contribution in [0.25, 0.3) is 5.76 Å². The Morgan fingerprint density at radius 1 is 1.45 bits per heavy atom. The van der Waals surface area contributed by atoms with Crippen LogP contribution in [0.2, 0.25) is 0 Å². The minimum Gasteiger partial charge on any atom is -0.506 e. The number of aromatic nitrogens is 1. The van der Waals surface area contributed by atoms with Gasteiger partial charge in [-0.15, -0.1) is 0 Å². The summed E-state index contributed by atoms with van der Waals surface area (Å²) >= 11 is 5.60. The lowest BCUT2D eigenvalue weighted by Gasteiger charge is -2.17. The highest BCUT2D eigenvalue weighted by atomic mass is 35.5. The van der Waals surface area contributed by atoms with Gasteiger partial charge < -0.3 is 19.9 Å². The van der Waals surface area contributed by atoms with Gasteiger partial charge in [0, 0.05) is 18.7 Å². The van der Waals surface area contributed by atoms with Gasteiger partial charge >= 0.3 is 5.97 Å². The summed E-state index contributed by atoms with van der Waals surface area (Å²) in [5, 5.41) is 18.5. The van der Waals surface area contributed by atoms with Crippen molar-refractivity contribution in [2.75, 3.05) is 6.61 Å². The molecular weight excluding hydrogens is 290 g/mol. The minimum absolute atomic E-state index is 0.0418. The van der Waals surface area contributed by atoms with Gasteiger partial charge in [-0.3, -0.25) is 14.4 Å². The summed E-state index contributed by atoms with van der Waals surface area (Å²) in [4.78, 5) is 36.7. The number of rotatable bonds is 3. The molecule has 1 atom stereocenters. The summed E-state index contributed by atoms with van der Waals surface area (Å²) in [5.74, 6) is -3.17. The second-order valence-corrected chi connectivity index (χ2v) is 4.47. The number of halogens is 1. The zero-order chi connectivity index (χ0) is 15.0. The van der Waals surface area contributed by atoms with E-state index in [0.717, 1.165) is 6.92 Å². The molecule has 0 saturated heterocycles. The van der Waals surface area contributed by atoms with Crippen LogP contribution in [0.1, 0.15) is 34.6 Å². The Bertz CT molecular complexity index is 644. The summed E-state index contributed by atoms with van der Waals surface area (Å²) in [5.41, 5.74) is -0.0356. The van der Waals surface area contributed by atoms with Gasteiger partial charge in [-0.25, -0.2) is 0 Å². The summed E-state index contributed by atoms with van der Waals surface area (Å²) in [7, 11) is 0. The average molecular weight is 300 g/mol. The number of aliphatic hydroxyl groups is 2. The molecule has 1 unspecified atom stereocenters. The van der Waals surface area contributed by atoms with Crippen molar-refractivity contribution in [2.45, 2.75) is 13.0 Å². The molecule has 0 aliphatic heterocycles. The molecule has 0 aromatic carbocycles. The number of nitrogens with one attached hydrogen (secondary N) is 1. The summed E-state index contributed by atoms with van der Waals surface area (Å²) in [6, 6.07) is 0. The first-order chi connectivity index (χ1) is 9.38. The summed E-state index contributed by atoms with van der Waals surface area (Å²) < 4.78 is 4.87. The summed E-state index contributed by atoms with van der Waals surface area (Å²) in [6.45, 7) is 0.593. The number of hydrogen-bond acceptors (Lipinski definition) is 6. The molecule has 1 aliphatic rings. The fraction of sp³-hybridized carbons (Fsp3) is 0.250. The third-order valence-corrected chi connectivity index (χ3v) is 3.16. The van der Waals surface area contributed by atoms with E-state index < -0.39 is 41.0 Å². The van der Waals surface area contributed by atoms with E-state index in [9.17, 15) is 24.6 Å². The van der Waals surface area contributed by atoms with Crippen molar-refractivity contribution in [1.29, 1.82) is 0 Å². The number of hydrogen-bond donors (Lipinski definition) is 3. The number of carbonyl (C=O) groups excluding carboxylic acids is 3. The highest BCUT2D eigenvalue weighted by Gasteiger charge is 2.37. The molecule has 0 fully saturated rings. The number of aliphatic hydroxyl groups excluding tert-OH is 2. The van der Waals surface area contributed by atoms with E-state index in [0.29, 0.717) is 0 Å². The first kappa shape index (κ1) is 14.3. The Morgan fingerprint density at radius 2 is 2.10 bits per heavy atom. The Balaban J connectivity index is 2.58. The molecule has 7 nitrogen and oxygen atoms in total. The Hall–Kier alpha value is -2.12. The van der Waals surface area contributed by atoms with Crippen molar-refractivity contribution in [1.82, 2.24) is 4.98 Å². The van der Waals surface area contributed by atoms with E-state index in [1.807, 2.05) is 0 Å². The average Bonchev–Trinajstić information content (AvgIpc) is 2.84. The number of H-pyrrole nitrogens is 1. The first-order valence-electron chi connectivity index (χ1n) is 5.56. The summed E-state index contributed by atoms with van der Waals surface area (Å²) in [6.07, 6.45) is 0.186. The van der Waals surface area contributed by atoms with Gasteiger partial charge in [0.25, 0.3) is 5.78 Å². The second-order valence-electron chi connectivity index (χ2n) is 4.10. The maximum Gasteiger partial charge on any atom is 0.303 e. The Morgan fingerprint density at radius 3 is 2.65 bits per heavy atom. The lowest BCUT2D eigenvalue weighted by atomic mass is 9.95. The number of allylic oxidation sites excluding steroid dienone is 1. The van der Waals surface area contributed by atoms with Crippen molar-refractivity contribution >= 4 is 34.9 Å². The number of ether oxygens (including phenoxy) is 1. The van der Waals surface area contributed by atoms with Gasteiger partial charge in [0.1, 0.15) is 16.5 Å². The number of esters is 1. The third-order valence-electron chi connectivity index (χ3n) is 2.81. The topological polar surface area (TPSA) is 117 Å². The molecule has 2 rings (SSSR count). The number of carbonyl (C=O) groups is 3. The molecule has 1 heterocycles. The molecule has 1 aromatic heterocycles. The van der Waals surface area contributed by atoms with Gasteiger partial charge in [-0.1, -0.05) is 11.6 Å². The number of Topliss-reactive ketones (excluding diaryl/α,β-unsaturated/α-hetero) is 2. The van der Waals surface area contributed by atoms with Gasteiger partial charge in [-0.05, 0) is 0 Å². The SMILES string of the molecule is CC(=O)OC(CO)c1c[nH]c2c1C(O)=C(Cl)C(=O)C2=O. The molecule has 0 spiro atoms. The van der Waals surface area contributed by atoms with E-state index in [1.165, 1.54) is 6.20 Å². The van der Waals surface area contributed by atoms with Crippen molar-refractivity contribution in [3.63, 3.8) is 0 Å². The van der Waals surface area contributed by atoms with E-state index in [4.69, 9.17) is 16.3 Å². The van der Waals surface area contributed by atoms with Crippen LogP contribution in [0.15, 0.2) is 11.2 Å². The van der Waals surface area contributed by atoms with Crippen LogP contribution >= 0.6 is 11.6 Å². The number of aromatic amines is 1. The van der Waals surface area contributed by atoms with Crippen LogP contribution in [0, 0.1) is 0 Å². The van der Waals surface area contributed by atoms with Crippen LogP contribution in [-0.2, 0) is 14.3 Å². The van der Waals surface area contributed by atoms with Gasteiger partial charge in [0.15, 0.2) is 6.10 Å². The lowest BCUT2D eigenvalue weighted by Crippen LogP contribution is -2.23. The predicted octanol–water partition coefficient (Wildman–Crippen LogP) is 0.842.